The number of rotatable bonds is 7. The number of nitrogens with zero attached hydrogens (tertiary/aromatic N) is 1. The third-order valence-electron chi connectivity index (χ3n) is 3.37. The molecular weight excluding hydrogens is 264 g/mol. The Kier molecular flexibility index (Phi) is 5.58. The summed E-state index contributed by atoms with van der Waals surface area (Å²) >= 11 is 0. The van der Waals surface area contributed by atoms with Gasteiger partial charge in [-0.15, -0.1) is 0 Å². The molecule has 1 aromatic carbocycles. The molecule has 4 heteroatoms. The van der Waals surface area contributed by atoms with E-state index in [-0.39, 0.29) is 6.04 Å². The van der Waals surface area contributed by atoms with Gasteiger partial charge in [0.05, 0.1) is 7.11 Å². The summed E-state index contributed by atoms with van der Waals surface area (Å²) in [6.07, 6.45) is 5.34. The van der Waals surface area contributed by atoms with Crippen LogP contribution in [0.25, 0.3) is 0 Å². The Morgan fingerprint density at radius 3 is 2.71 bits per heavy atom. The zero-order valence-electron chi connectivity index (χ0n) is 12.6. The predicted octanol–water partition coefficient (Wildman–Crippen LogP) is 2.95. The van der Waals surface area contributed by atoms with Crippen LogP contribution in [0.15, 0.2) is 42.7 Å². The Morgan fingerprint density at radius 1 is 1.19 bits per heavy atom. The fourth-order valence-electron chi connectivity index (χ4n) is 2.05. The van der Waals surface area contributed by atoms with Crippen LogP contribution in [0.1, 0.15) is 24.5 Å². The zero-order chi connectivity index (χ0) is 15.1. The lowest BCUT2D eigenvalue weighted by atomic mass is 10.0. The van der Waals surface area contributed by atoms with Crippen molar-refractivity contribution >= 4 is 0 Å². The fourth-order valence-corrected chi connectivity index (χ4v) is 2.05. The number of aromatic nitrogens is 1. The molecule has 0 bridgehead atoms. The van der Waals surface area contributed by atoms with Crippen molar-refractivity contribution in [3.8, 4) is 11.5 Å². The lowest BCUT2D eigenvalue weighted by Crippen LogP contribution is -2.21. The molecule has 0 spiro atoms. The van der Waals surface area contributed by atoms with Crippen LogP contribution in [0.3, 0.4) is 0 Å². The molecule has 0 saturated carbocycles. The topological polar surface area (TPSA) is 57.4 Å². The van der Waals surface area contributed by atoms with Gasteiger partial charge in [-0.25, -0.2) is 0 Å². The van der Waals surface area contributed by atoms with Crippen LogP contribution in [0.2, 0.25) is 0 Å². The summed E-state index contributed by atoms with van der Waals surface area (Å²) in [6.45, 7) is 2.56. The smallest absolute Gasteiger partial charge is 0.161 e. The lowest BCUT2D eigenvalue weighted by Gasteiger charge is -2.14. The molecule has 1 aromatic heterocycles. The summed E-state index contributed by atoms with van der Waals surface area (Å²) in [5, 5.41) is 0. The molecule has 2 aromatic rings. The van der Waals surface area contributed by atoms with Gasteiger partial charge in [0.25, 0.3) is 0 Å². The van der Waals surface area contributed by atoms with Crippen molar-refractivity contribution in [3.63, 3.8) is 0 Å². The number of nitrogens with two attached hydrogens (primary N) is 1. The number of benzene rings is 1. The highest BCUT2D eigenvalue weighted by Crippen LogP contribution is 2.29. The average molecular weight is 286 g/mol. The largest absolute Gasteiger partial charge is 0.493 e. The van der Waals surface area contributed by atoms with Gasteiger partial charge in [0.2, 0.25) is 0 Å². The van der Waals surface area contributed by atoms with E-state index in [1.54, 1.807) is 19.5 Å². The number of hydrogen-bond donors (Lipinski definition) is 1. The molecule has 0 aliphatic heterocycles. The highest BCUT2D eigenvalue weighted by molar-refractivity contribution is 5.43. The van der Waals surface area contributed by atoms with Crippen LogP contribution >= 0.6 is 0 Å². The van der Waals surface area contributed by atoms with Crippen molar-refractivity contribution in [2.45, 2.75) is 32.4 Å². The molecule has 0 aliphatic carbocycles. The van der Waals surface area contributed by atoms with E-state index in [1.807, 2.05) is 30.3 Å². The fraction of sp³-hybridized carbons (Fsp3) is 0.353. The number of ether oxygens (including phenoxy) is 2. The molecule has 1 atom stereocenters. The van der Waals surface area contributed by atoms with Gasteiger partial charge in [-0.05, 0) is 36.6 Å². The molecule has 21 heavy (non-hydrogen) atoms. The standard InChI is InChI=1S/C17H22N2O2/c1-3-15(18)9-13-6-7-16(20-2)17(10-13)21-12-14-5-4-8-19-11-14/h4-8,10-11,15H,3,9,12,18H2,1-2H3. The van der Waals surface area contributed by atoms with Crippen molar-refractivity contribution in [2.24, 2.45) is 5.73 Å². The molecule has 0 fully saturated rings. The van der Waals surface area contributed by atoms with Gasteiger partial charge in [-0.1, -0.05) is 19.1 Å². The van der Waals surface area contributed by atoms with E-state index in [0.29, 0.717) is 6.61 Å². The Bertz CT molecular complexity index is 558. The molecule has 0 radical (unpaired) electrons. The highest BCUT2D eigenvalue weighted by Gasteiger charge is 2.08. The summed E-state index contributed by atoms with van der Waals surface area (Å²) in [5.41, 5.74) is 8.19. The van der Waals surface area contributed by atoms with Crippen LogP contribution in [0.5, 0.6) is 11.5 Å². The third-order valence-corrected chi connectivity index (χ3v) is 3.37. The Hall–Kier alpha value is -2.07. The minimum absolute atomic E-state index is 0.171. The number of hydrogen-bond acceptors (Lipinski definition) is 4. The second kappa shape index (κ2) is 7.64. The Labute approximate surface area is 125 Å². The van der Waals surface area contributed by atoms with Crippen molar-refractivity contribution in [1.82, 2.24) is 4.98 Å². The summed E-state index contributed by atoms with van der Waals surface area (Å²) in [4.78, 5) is 4.08. The van der Waals surface area contributed by atoms with Crippen LogP contribution in [-0.4, -0.2) is 18.1 Å². The van der Waals surface area contributed by atoms with Gasteiger partial charge in [-0.3, -0.25) is 4.98 Å². The minimum Gasteiger partial charge on any atom is -0.493 e. The van der Waals surface area contributed by atoms with Gasteiger partial charge in [0, 0.05) is 24.0 Å². The van der Waals surface area contributed by atoms with E-state index < -0.39 is 0 Å². The second-order valence-corrected chi connectivity index (χ2v) is 5.01. The van der Waals surface area contributed by atoms with Crippen molar-refractivity contribution < 1.29 is 9.47 Å². The first-order valence-electron chi connectivity index (χ1n) is 7.17. The second-order valence-electron chi connectivity index (χ2n) is 5.01. The first kappa shape index (κ1) is 15.3. The molecular formula is C17H22N2O2. The first-order chi connectivity index (χ1) is 10.2. The Morgan fingerprint density at radius 2 is 2.05 bits per heavy atom. The van der Waals surface area contributed by atoms with Gasteiger partial charge in [-0.2, -0.15) is 0 Å². The quantitative estimate of drug-likeness (QED) is 0.850. The third kappa shape index (κ3) is 4.46. The van der Waals surface area contributed by atoms with Crippen molar-refractivity contribution in [2.75, 3.05) is 7.11 Å². The molecule has 0 amide bonds. The van der Waals surface area contributed by atoms with E-state index >= 15 is 0 Å². The van der Waals surface area contributed by atoms with Crippen LogP contribution in [-0.2, 0) is 13.0 Å². The molecule has 4 nitrogen and oxygen atoms in total. The van der Waals surface area contributed by atoms with Gasteiger partial charge in [0.1, 0.15) is 6.61 Å². The molecule has 0 aliphatic rings. The van der Waals surface area contributed by atoms with Gasteiger partial charge < -0.3 is 15.2 Å². The summed E-state index contributed by atoms with van der Waals surface area (Å²) in [5.74, 6) is 1.47. The highest BCUT2D eigenvalue weighted by atomic mass is 16.5. The van der Waals surface area contributed by atoms with E-state index in [2.05, 4.69) is 11.9 Å². The SMILES string of the molecule is CCC(N)Cc1ccc(OC)c(OCc2cccnc2)c1. The Balaban J connectivity index is 2.10. The van der Waals surface area contributed by atoms with E-state index in [0.717, 1.165) is 35.5 Å². The van der Waals surface area contributed by atoms with Crippen LogP contribution in [0.4, 0.5) is 0 Å². The van der Waals surface area contributed by atoms with Crippen LogP contribution < -0.4 is 15.2 Å². The molecule has 1 heterocycles. The summed E-state index contributed by atoms with van der Waals surface area (Å²) in [7, 11) is 1.64. The normalized spacial score (nSPS) is 12.0. The number of methoxy groups -OCH3 is 1. The van der Waals surface area contributed by atoms with Gasteiger partial charge in [0.15, 0.2) is 11.5 Å². The molecule has 0 saturated heterocycles. The molecule has 1 unspecified atom stereocenters. The van der Waals surface area contributed by atoms with Crippen molar-refractivity contribution in [1.29, 1.82) is 0 Å². The van der Waals surface area contributed by atoms with E-state index in [1.165, 1.54) is 0 Å². The maximum Gasteiger partial charge on any atom is 0.161 e. The van der Waals surface area contributed by atoms with Crippen LogP contribution in [0, 0.1) is 0 Å². The van der Waals surface area contributed by atoms with Crippen molar-refractivity contribution in [3.05, 3.63) is 53.9 Å². The van der Waals surface area contributed by atoms with E-state index in [4.69, 9.17) is 15.2 Å². The lowest BCUT2D eigenvalue weighted by molar-refractivity contribution is 0.284. The summed E-state index contributed by atoms with van der Waals surface area (Å²) in [6, 6.07) is 10.0. The monoisotopic (exact) mass is 286 g/mol. The maximum absolute atomic E-state index is 6.01. The molecule has 112 valence electrons. The minimum atomic E-state index is 0.171. The first-order valence-corrected chi connectivity index (χ1v) is 7.17. The average Bonchev–Trinajstić information content (AvgIpc) is 2.54. The van der Waals surface area contributed by atoms with Gasteiger partial charge >= 0.3 is 0 Å². The molecule has 2 rings (SSSR count). The molecule has 2 N–H and O–H groups in total. The maximum atomic E-state index is 6.01. The number of pyridine rings is 1. The summed E-state index contributed by atoms with van der Waals surface area (Å²) < 4.78 is 11.2. The van der Waals surface area contributed by atoms with E-state index in [9.17, 15) is 0 Å². The zero-order valence-corrected chi connectivity index (χ0v) is 12.6. The predicted molar refractivity (Wildman–Crippen MR) is 83.5 cm³/mol.